The minimum absolute atomic E-state index is 0.0149. The van der Waals surface area contributed by atoms with Crippen LogP contribution in [-0.2, 0) is 17.8 Å². The molecule has 0 fully saturated rings. The maximum absolute atomic E-state index is 14.3. The summed E-state index contributed by atoms with van der Waals surface area (Å²) in [5, 5.41) is 0. The van der Waals surface area contributed by atoms with Crippen molar-refractivity contribution in [3.63, 3.8) is 0 Å². The van der Waals surface area contributed by atoms with E-state index in [4.69, 9.17) is 4.42 Å². The number of hydrogen-bond donors (Lipinski definition) is 0. The van der Waals surface area contributed by atoms with E-state index < -0.39 is 11.7 Å². The Morgan fingerprint density at radius 3 is 2.30 bits per heavy atom. The molecule has 0 aliphatic heterocycles. The average Bonchev–Trinajstić information content (AvgIpc) is 3.24. The number of carbonyl (C=O) groups is 2. The average molecular weight is 451 g/mol. The largest absolute Gasteiger partial charge is 0.464 e. The molecule has 5 nitrogen and oxygen atoms in total. The zero-order valence-electron chi connectivity index (χ0n) is 19.3. The molecule has 0 aliphatic carbocycles. The summed E-state index contributed by atoms with van der Waals surface area (Å²) >= 11 is 0. The number of nitrogens with zero attached hydrogens (tertiary/aromatic N) is 2. The van der Waals surface area contributed by atoms with Gasteiger partial charge in [-0.25, -0.2) is 4.39 Å². The number of carbonyl (C=O) groups excluding carboxylic acids is 2. The van der Waals surface area contributed by atoms with Gasteiger partial charge in [0, 0.05) is 13.1 Å². The lowest BCUT2D eigenvalue weighted by molar-refractivity contribution is -0.132. The van der Waals surface area contributed by atoms with Gasteiger partial charge in [0.1, 0.15) is 23.9 Å². The van der Waals surface area contributed by atoms with Crippen molar-refractivity contribution in [3.8, 4) is 0 Å². The first-order chi connectivity index (χ1) is 16.0. The molecule has 174 valence electrons. The van der Waals surface area contributed by atoms with Crippen molar-refractivity contribution in [3.05, 3.63) is 95.2 Å². The van der Waals surface area contributed by atoms with Crippen LogP contribution in [0.1, 0.15) is 47.2 Å². The number of rotatable bonds is 11. The molecule has 33 heavy (non-hydrogen) atoms. The quantitative estimate of drug-likeness (QED) is 0.401. The standard InChI is InChI=1S/C27H31FN2O3/c1-3-4-17-30(27(32)24-12-8-9-13-25(24)28)20-26(31)29(19-23-15-14-21(2)33-23)18-16-22-10-6-5-7-11-22/h5-15H,3-4,16-20H2,1-2H3. The smallest absolute Gasteiger partial charge is 0.257 e. The van der Waals surface area contributed by atoms with Gasteiger partial charge in [-0.3, -0.25) is 9.59 Å². The minimum atomic E-state index is -0.580. The number of hydrogen-bond acceptors (Lipinski definition) is 3. The normalized spacial score (nSPS) is 10.8. The predicted molar refractivity (Wildman–Crippen MR) is 126 cm³/mol. The van der Waals surface area contributed by atoms with Crippen LogP contribution in [0, 0.1) is 12.7 Å². The maximum atomic E-state index is 14.3. The molecular weight excluding hydrogens is 419 g/mol. The van der Waals surface area contributed by atoms with E-state index in [1.165, 1.54) is 17.0 Å². The molecule has 2 amide bonds. The molecule has 3 rings (SSSR count). The van der Waals surface area contributed by atoms with Crippen molar-refractivity contribution in [2.24, 2.45) is 0 Å². The van der Waals surface area contributed by atoms with Crippen molar-refractivity contribution in [2.45, 2.75) is 39.7 Å². The van der Waals surface area contributed by atoms with Crippen LogP contribution in [0.2, 0.25) is 0 Å². The summed E-state index contributed by atoms with van der Waals surface area (Å²) in [6.45, 7) is 4.95. The zero-order chi connectivity index (χ0) is 23.6. The van der Waals surface area contributed by atoms with Gasteiger partial charge in [-0.1, -0.05) is 55.8 Å². The van der Waals surface area contributed by atoms with E-state index in [1.807, 2.05) is 56.3 Å². The zero-order valence-corrected chi connectivity index (χ0v) is 19.3. The molecule has 0 saturated carbocycles. The Balaban J connectivity index is 1.77. The van der Waals surface area contributed by atoms with Crippen LogP contribution in [-0.4, -0.2) is 41.2 Å². The van der Waals surface area contributed by atoms with Gasteiger partial charge >= 0.3 is 0 Å². The molecule has 0 saturated heterocycles. The van der Waals surface area contributed by atoms with E-state index in [0.29, 0.717) is 31.8 Å². The van der Waals surface area contributed by atoms with Crippen molar-refractivity contribution >= 4 is 11.8 Å². The van der Waals surface area contributed by atoms with Crippen LogP contribution >= 0.6 is 0 Å². The van der Waals surface area contributed by atoms with Crippen LogP contribution in [0.15, 0.2) is 71.1 Å². The van der Waals surface area contributed by atoms with Gasteiger partial charge in [0.15, 0.2) is 0 Å². The fourth-order valence-electron chi connectivity index (χ4n) is 3.63. The third-order valence-electron chi connectivity index (χ3n) is 5.51. The van der Waals surface area contributed by atoms with E-state index in [2.05, 4.69) is 0 Å². The maximum Gasteiger partial charge on any atom is 0.257 e. The highest BCUT2D eigenvalue weighted by molar-refractivity contribution is 5.96. The first kappa shape index (κ1) is 24.2. The van der Waals surface area contributed by atoms with Crippen LogP contribution in [0.25, 0.3) is 0 Å². The monoisotopic (exact) mass is 450 g/mol. The second kappa shape index (κ2) is 12.0. The molecule has 0 atom stereocenters. The molecule has 0 radical (unpaired) electrons. The van der Waals surface area contributed by atoms with E-state index in [-0.39, 0.29) is 18.0 Å². The second-order valence-corrected chi connectivity index (χ2v) is 8.12. The summed E-state index contributed by atoms with van der Waals surface area (Å²) in [4.78, 5) is 29.6. The number of amides is 2. The molecule has 1 heterocycles. The summed E-state index contributed by atoms with van der Waals surface area (Å²) < 4.78 is 20.0. The van der Waals surface area contributed by atoms with E-state index in [1.54, 1.807) is 17.0 Å². The van der Waals surface area contributed by atoms with Gasteiger partial charge in [0.05, 0.1) is 12.1 Å². The van der Waals surface area contributed by atoms with Gasteiger partial charge in [-0.2, -0.15) is 0 Å². The van der Waals surface area contributed by atoms with Gasteiger partial charge in [-0.05, 0) is 49.6 Å². The number of halogens is 1. The molecule has 0 aliphatic rings. The molecule has 3 aromatic rings. The molecule has 1 aromatic heterocycles. The number of aryl methyl sites for hydroxylation is 1. The lowest BCUT2D eigenvalue weighted by atomic mass is 10.1. The number of benzene rings is 2. The predicted octanol–water partition coefficient (Wildman–Crippen LogP) is 5.24. The third kappa shape index (κ3) is 7.04. The molecule has 0 spiro atoms. The fraction of sp³-hybridized carbons (Fsp3) is 0.333. The highest BCUT2D eigenvalue weighted by Crippen LogP contribution is 2.14. The summed E-state index contributed by atoms with van der Waals surface area (Å²) in [6, 6.07) is 19.6. The van der Waals surface area contributed by atoms with Gasteiger partial charge in [0.25, 0.3) is 5.91 Å². The highest BCUT2D eigenvalue weighted by atomic mass is 19.1. The first-order valence-electron chi connectivity index (χ1n) is 11.4. The van der Waals surface area contributed by atoms with Crippen molar-refractivity contribution in [1.29, 1.82) is 0 Å². The van der Waals surface area contributed by atoms with Crippen LogP contribution in [0.3, 0.4) is 0 Å². The second-order valence-electron chi connectivity index (χ2n) is 8.12. The Morgan fingerprint density at radius 2 is 1.64 bits per heavy atom. The molecular formula is C27H31FN2O3. The topological polar surface area (TPSA) is 53.8 Å². The summed E-state index contributed by atoms with van der Waals surface area (Å²) in [5.41, 5.74) is 1.11. The van der Waals surface area contributed by atoms with Gasteiger partial charge in [0.2, 0.25) is 5.91 Å². The lowest BCUT2D eigenvalue weighted by Crippen LogP contribution is -2.44. The van der Waals surface area contributed by atoms with Gasteiger partial charge < -0.3 is 14.2 Å². The third-order valence-corrected chi connectivity index (χ3v) is 5.51. The summed E-state index contributed by atoms with van der Waals surface area (Å²) in [5.74, 6) is 0.227. The Bertz CT molecular complexity index is 1050. The van der Waals surface area contributed by atoms with E-state index in [0.717, 1.165) is 24.2 Å². The highest BCUT2D eigenvalue weighted by Gasteiger charge is 2.24. The summed E-state index contributed by atoms with van der Waals surface area (Å²) in [7, 11) is 0. The Labute approximate surface area is 194 Å². The van der Waals surface area contributed by atoms with Crippen molar-refractivity contribution in [1.82, 2.24) is 9.80 Å². The minimum Gasteiger partial charge on any atom is -0.464 e. The molecule has 2 aromatic carbocycles. The van der Waals surface area contributed by atoms with Crippen LogP contribution in [0.5, 0.6) is 0 Å². The van der Waals surface area contributed by atoms with Crippen LogP contribution < -0.4 is 0 Å². The van der Waals surface area contributed by atoms with Crippen molar-refractivity contribution < 1.29 is 18.4 Å². The molecule has 0 unspecified atom stereocenters. The molecule has 6 heteroatoms. The van der Waals surface area contributed by atoms with E-state index in [9.17, 15) is 14.0 Å². The summed E-state index contributed by atoms with van der Waals surface area (Å²) in [6.07, 6.45) is 2.27. The molecule has 0 N–H and O–H groups in total. The number of unbranched alkanes of at least 4 members (excludes halogenated alkanes) is 1. The van der Waals surface area contributed by atoms with Gasteiger partial charge in [-0.15, -0.1) is 0 Å². The van der Waals surface area contributed by atoms with E-state index >= 15 is 0 Å². The molecule has 0 bridgehead atoms. The number of furan rings is 1. The lowest BCUT2D eigenvalue weighted by Gasteiger charge is -2.27. The SMILES string of the molecule is CCCCN(CC(=O)N(CCc1ccccc1)Cc1ccc(C)o1)C(=O)c1ccccc1F. The van der Waals surface area contributed by atoms with Crippen molar-refractivity contribution in [2.75, 3.05) is 19.6 Å². The van der Waals surface area contributed by atoms with Crippen LogP contribution in [0.4, 0.5) is 4.39 Å². The fourth-order valence-corrected chi connectivity index (χ4v) is 3.63. The Hall–Kier alpha value is -3.41. The Kier molecular flexibility index (Phi) is 8.81. The first-order valence-corrected chi connectivity index (χ1v) is 11.4. The Morgan fingerprint density at radius 1 is 0.909 bits per heavy atom.